The van der Waals surface area contributed by atoms with Crippen LogP contribution >= 0.6 is 11.8 Å². The van der Waals surface area contributed by atoms with Crippen molar-refractivity contribution in [1.29, 1.82) is 0 Å². The standard InChI is InChI=1S/C10H16N2OS/c1-7(11)5-8-6-13-10(12-8)9-3-2-4-14-9/h6-7,9H,2-5,11H2,1H3. The smallest absolute Gasteiger partial charge is 0.207 e. The molecule has 0 radical (unpaired) electrons. The van der Waals surface area contributed by atoms with Gasteiger partial charge < -0.3 is 10.2 Å². The van der Waals surface area contributed by atoms with Crippen LogP contribution in [0.2, 0.25) is 0 Å². The summed E-state index contributed by atoms with van der Waals surface area (Å²) in [5.74, 6) is 2.12. The molecule has 2 rings (SSSR count). The highest BCUT2D eigenvalue weighted by Gasteiger charge is 2.22. The van der Waals surface area contributed by atoms with Crippen LogP contribution in [0.5, 0.6) is 0 Å². The van der Waals surface area contributed by atoms with Gasteiger partial charge in [-0.05, 0) is 25.5 Å². The first kappa shape index (κ1) is 10.1. The summed E-state index contributed by atoms with van der Waals surface area (Å²) in [5.41, 5.74) is 6.69. The van der Waals surface area contributed by atoms with Gasteiger partial charge in [-0.15, -0.1) is 11.8 Å². The Kier molecular flexibility index (Phi) is 3.13. The number of oxazole rings is 1. The largest absolute Gasteiger partial charge is 0.447 e. The first-order valence-corrected chi connectivity index (χ1v) is 6.12. The van der Waals surface area contributed by atoms with E-state index in [1.165, 1.54) is 18.6 Å². The van der Waals surface area contributed by atoms with Gasteiger partial charge in [0.25, 0.3) is 0 Å². The molecule has 2 heterocycles. The maximum Gasteiger partial charge on any atom is 0.207 e. The van der Waals surface area contributed by atoms with Gasteiger partial charge in [0, 0.05) is 12.5 Å². The lowest BCUT2D eigenvalue weighted by Crippen LogP contribution is -2.17. The summed E-state index contributed by atoms with van der Waals surface area (Å²) < 4.78 is 5.46. The van der Waals surface area contributed by atoms with Crippen molar-refractivity contribution in [2.75, 3.05) is 5.75 Å². The Morgan fingerprint density at radius 3 is 3.29 bits per heavy atom. The first-order valence-electron chi connectivity index (χ1n) is 5.07. The molecule has 0 spiro atoms. The molecular weight excluding hydrogens is 196 g/mol. The molecule has 0 aromatic carbocycles. The molecular formula is C10H16N2OS. The first-order chi connectivity index (χ1) is 6.75. The van der Waals surface area contributed by atoms with E-state index in [0.29, 0.717) is 5.25 Å². The maximum absolute atomic E-state index is 5.70. The molecule has 0 saturated carbocycles. The van der Waals surface area contributed by atoms with Gasteiger partial charge >= 0.3 is 0 Å². The minimum Gasteiger partial charge on any atom is -0.447 e. The van der Waals surface area contributed by atoms with Crippen molar-refractivity contribution in [3.63, 3.8) is 0 Å². The number of rotatable bonds is 3. The molecule has 0 amide bonds. The fraction of sp³-hybridized carbons (Fsp3) is 0.700. The second kappa shape index (κ2) is 4.36. The molecule has 0 aliphatic carbocycles. The van der Waals surface area contributed by atoms with Crippen molar-refractivity contribution < 1.29 is 4.42 Å². The van der Waals surface area contributed by atoms with Gasteiger partial charge in [0.15, 0.2) is 0 Å². The molecule has 3 nitrogen and oxygen atoms in total. The average Bonchev–Trinajstić information content (AvgIpc) is 2.69. The molecule has 1 aromatic rings. The summed E-state index contributed by atoms with van der Waals surface area (Å²) in [5, 5.41) is 0.483. The third kappa shape index (κ3) is 2.30. The number of nitrogens with two attached hydrogens (primary N) is 1. The van der Waals surface area contributed by atoms with Crippen LogP contribution in [0.1, 0.15) is 36.6 Å². The van der Waals surface area contributed by atoms with Gasteiger partial charge in [0.05, 0.1) is 10.9 Å². The van der Waals surface area contributed by atoms with Gasteiger partial charge in [-0.25, -0.2) is 4.98 Å². The Morgan fingerprint density at radius 2 is 2.64 bits per heavy atom. The van der Waals surface area contributed by atoms with Crippen LogP contribution < -0.4 is 5.73 Å². The molecule has 1 saturated heterocycles. The lowest BCUT2D eigenvalue weighted by molar-refractivity contribution is 0.486. The number of thioether (sulfide) groups is 1. The molecule has 1 aliphatic heterocycles. The van der Waals surface area contributed by atoms with Gasteiger partial charge in [0.1, 0.15) is 6.26 Å². The van der Waals surface area contributed by atoms with Crippen molar-refractivity contribution in [2.24, 2.45) is 5.73 Å². The molecule has 1 aliphatic rings. The van der Waals surface area contributed by atoms with E-state index in [4.69, 9.17) is 10.2 Å². The van der Waals surface area contributed by atoms with Crippen LogP contribution in [0.4, 0.5) is 0 Å². The number of hydrogen-bond acceptors (Lipinski definition) is 4. The average molecular weight is 212 g/mol. The van der Waals surface area contributed by atoms with E-state index < -0.39 is 0 Å². The lowest BCUT2D eigenvalue weighted by Gasteiger charge is -2.01. The highest BCUT2D eigenvalue weighted by atomic mass is 32.2. The molecule has 4 heteroatoms. The second-order valence-electron chi connectivity index (χ2n) is 3.86. The van der Waals surface area contributed by atoms with E-state index in [-0.39, 0.29) is 6.04 Å². The van der Waals surface area contributed by atoms with Crippen molar-refractivity contribution in [3.05, 3.63) is 17.8 Å². The lowest BCUT2D eigenvalue weighted by atomic mass is 10.2. The number of aromatic nitrogens is 1. The quantitative estimate of drug-likeness (QED) is 0.834. The second-order valence-corrected chi connectivity index (χ2v) is 5.17. The van der Waals surface area contributed by atoms with E-state index in [9.17, 15) is 0 Å². The fourth-order valence-electron chi connectivity index (χ4n) is 1.67. The van der Waals surface area contributed by atoms with E-state index in [2.05, 4.69) is 4.98 Å². The van der Waals surface area contributed by atoms with Gasteiger partial charge in [-0.3, -0.25) is 0 Å². The predicted molar refractivity (Wildman–Crippen MR) is 58.3 cm³/mol. The summed E-state index contributed by atoms with van der Waals surface area (Å²) in [6.07, 6.45) is 5.03. The zero-order chi connectivity index (χ0) is 9.97. The maximum atomic E-state index is 5.70. The molecule has 14 heavy (non-hydrogen) atoms. The zero-order valence-corrected chi connectivity index (χ0v) is 9.22. The monoisotopic (exact) mass is 212 g/mol. The molecule has 2 atom stereocenters. The minimum absolute atomic E-state index is 0.157. The molecule has 1 fully saturated rings. The van der Waals surface area contributed by atoms with Crippen molar-refractivity contribution in [2.45, 2.75) is 37.5 Å². The Balaban J connectivity index is 2.01. The Hall–Kier alpha value is -0.480. The molecule has 2 unspecified atom stereocenters. The van der Waals surface area contributed by atoms with Crippen LogP contribution in [0.25, 0.3) is 0 Å². The van der Waals surface area contributed by atoms with Crippen LogP contribution in [0.3, 0.4) is 0 Å². The van der Waals surface area contributed by atoms with Gasteiger partial charge in [-0.2, -0.15) is 0 Å². The van der Waals surface area contributed by atoms with Crippen LogP contribution in [-0.4, -0.2) is 16.8 Å². The third-order valence-electron chi connectivity index (χ3n) is 2.31. The Morgan fingerprint density at radius 1 is 1.79 bits per heavy atom. The van der Waals surface area contributed by atoms with Crippen LogP contribution in [-0.2, 0) is 6.42 Å². The van der Waals surface area contributed by atoms with Crippen LogP contribution in [0.15, 0.2) is 10.7 Å². The Bertz CT molecular complexity index is 292. The van der Waals surface area contributed by atoms with E-state index >= 15 is 0 Å². The number of nitrogens with zero attached hydrogens (tertiary/aromatic N) is 1. The van der Waals surface area contributed by atoms with Crippen molar-refractivity contribution in [3.8, 4) is 0 Å². The van der Waals surface area contributed by atoms with E-state index in [1.54, 1.807) is 6.26 Å². The van der Waals surface area contributed by atoms with E-state index in [0.717, 1.165) is 18.0 Å². The highest BCUT2D eigenvalue weighted by Crippen LogP contribution is 2.39. The van der Waals surface area contributed by atoms with Crippen LogP contribution in [0, 0.1) is 0 Å². The molecule has 1 aromatic heterocycles. The normalized spacial score (nSPS) is 24.0. The minimum atomic E-state index is 0.157. The summed E-state index contributed by atoms with van der Waals surface area (Å²) in [6, 6.07) is 0.157. The zero-order valence-electron chi connectivity index (χ0n) is 8.40. The summed E-state index contributed by atoms with van der Waals surface area (Å²) in [7, 11) is 0. The summed E-state index contributed by atoms with van der Waals surface area (Å²) >= 11 is 1.94. The van der Waals surface area contributed by atoms with Gasteiger partial charge in [0.2, 0.25) is 5.89 Å². The van der Waals surface area contributed by atoms with E-state index in [1.807, 2.05) is 18.7 Å². The number of hydrogen-bond donors (Lipinski definition) is 1. The summed E-state index contributed by atoms with van der Waals surface area (Å²) in [6.45, 7) is 1.98. The molecule has 78 valence electrons. The fourth-order valence-corrected chi connectivity index (χ4v) is 2.87. The summed E-state index contributed by atoms with van der Waals surface area (Å²) in [4.78, 5) is 4.46. The Labute approximate surface area is 88.5 Å². The molecule has 2 N–H and O–H groups in total. The topological polar surface area (TPSA) is 52.0 Å². The highest BCUT2D eigenvalue weighted by molar-refractivity contribution is 7.99. The van der Waals surface area contributed by atoms with Crippen molar-refractivity contribution >= 4 is 11.8 Å². The third-order valence-corrected chi connectivity index (χ3v) is 3.67. The SMILES string of the molecule is CC(N)Cc1coc(C2CCCS2)n1. The van der Waals surface area contributed by atoms with Crippen molar-refractivity contribution in [1.82, 2.24) is 4.98 Å². The van der Waals surface area contributed by atoms with Gasteiger partial charge in [-0.1, -0.05) is 0 Å². The predicted octanol–water partition coefficient (Wildman–Crippen LogP) is 2.13. The molecule has 0 bridgehead atoms.